The minimum atomic E-state index is -5.27. The van der Waals surface area contributed by atoms with Crippen LogP contribution in [0.3, 0.4) is 0 Å². The van der Waals surface area contributed by atoms with E-state index in [4.69, 9.17) is 9.26 Å². The Morgan fingerprint density at radius 3 is 2.67 bits per heavy atom. The fourth-order valence-corrected chi connectivity index (χ4v) is 8.83. The minimum absolute atomic E-state index is 0.0754. The molecule has 3 fully saturated rings. The number of fused-ring (bicyclic) bond motifs is 5. The van der Waals surface area contributed by atoms with Crippen LogP contribution in [0.5, 0.6) is 0 Å². The molecule has 7 rings (SSSR count). The van der Waals surface area contributed by atoms with Crippen molar-refractivity contribution in [1.29, 1.82) is 0 Å². The molecule has 6 atom stereocenters. The number of phosphoric ester groups is 1. The number of nitrogens with one attached hydrogen (secondary N) is 2. The van der Waals surface area contributed by atoms with Crippen molar-refractivity contribution in [2.45, 2.75) is 76.7 Å². The lowest BCUT2D eigenvalue weighted by molar-refractivity contribution is -0.313. The van der Waals surface area contributed by atoms with Gasteiger partial charge >= 0.3 is 7.82 Å². The van der Waals surface area contributed by atoms with Crippen LogP contribution in [0, 0.1) is 17.8 Å². The lowest BCUT2D eigenvalue weighted by Crippen LogP contribution is -2.72. The molecular weight excluding hydrogens is 601 g/mol. The van der Waals surface area contributed by atoms with Gasteiger partial charge in [-0.1, -0.05) is 45.9 Å². The number of hydrogen-bond acceptors (Lipinski definition) is 7. The van der Waals surface area contributed by atoms with Crippen LogP contribution in [-0.4, -0.2) is 97.1 Å². The Kier molecular flexibility index (Phi) is 6.95. The lowest BCUT2D eigenvalue weighted by atomic mass is 9.79. The molecule has 0 radical (unpaired) electrons. The second kappa shape index (κ2) is 10.2. The third-order valence-electron chi connectivity index (χ3n) is 10.3. The number of aromatic amines is 1. The van der Waals surface area contributed by atoms with E-state index in [9.17, 15) is 28.7 Å². The third kappa shape index (κ3) is 4.39. The summed E-state index contributed by atoms with van der Waals surface area (Å²) in [7, 11) is -3.29. The molecule has 0 saturated carbocycles. The minimum Gasteiger partial charge on any atom is -0.361 e. The quantitative estimate of drug-likeness (QED) is 0.346. The highest BCUT2D eigenvalue weighted by atomic mass is 31.2. The standard InChI is InChI=1S/C31H40N5O8P/c1-16(2)26-28(38)35-11-7-10-24(35)31(44-45(40,41)42)36(26)29(39)30(43-31,17(3)4)33-27(37)19-12-21-20-8-6-9-22-25(20)18(14-32-22)13-23(21)34(5)15-19/h6,8-9,12,14,16-17,19,23-24,26,32H,7,10-11,13,15H2,1-5H3,(H,33,37)(H2,40,41,42)/t19-,23-,24+,26+,30-,31-/m1/s1. The van der Waals surface area contributed by atoms with E-state index in [1.807, 2.05) is 31.5 Å². The number of aromatic nitrogens is 1. The first kappa shape index (κ1) is 30.6. The fraction of sp³-hybridized carbons (Fsp3) is 0.581. The Morgan fingerprint density at radius 2 is 1.98 bits per heavy atom. The van der Waals surface area contributed by atoms with Gasteiger partial charge in [0.15, 0.2) is 0 Å². The van der Waals surface area contributed by atoms with Gasteiger partial charge in [0.1, 0.15) is 12.1 Å². The van der Waals surface area contributed by atoms with Gasteiger partial charge in [-0.05, 0) is 55.0 Å². The first-order valence-corrected chi connectivity index (χ1v) is 17.2. The summed E-state index contributed by atoms with van der Waals surface area (Å²) in [5, 5.41) is 4.03. The maximum atomic E-state index is 14.6. The Bertz CT molecular complexity index is 1680. The van der Waals surface area contributed by atoms with Gasteiger partial charge in [0.25, 0.3) is 11.8 Å². The molecule has 14 heteroatoms. The molecule has 45 heavy (non-hydrogen) atoms. The highest BCUT2D eigenvalue weighted by Crippen LogP contribution is 2.56. The summed E-state index contributed by atoms with van der Waals surface area (Å²) in [6.07, 6.45) is 5.64. The van der Waals surface area contributed by atoms with E-state index >= 15 is 0 Å². The normalized spacial score (nSPS) is 33.1. The molecule has 2 aromatic rings. The Morgan fingerprint density at radius 1 is 1.22 bits per heavy atom. The molecule has 1 aliphatic carbocycles. The molecule has 5 aliphatic rings. The van der Waals surface area contributed by atoms with Crippen LogP contribution in [0.2, 0.25) is 0 Å². The van der Waals surface area contributed by atoms with Gasteiger partial charge in [-0.2, -0.15) is 0 Å². The van der Waals surface area contributed by atoms with Crippen LogP contribution in [0.1, 0.15) is 51.7 Å². The Balaban J connectivity index is 1.30. The number of hydrogen-bond donors (Lipinski definition) is 4. The second-order valence-electron chi connectivity index (χ2n) is 13.7. The lowest BCUT2D eigenvalue weighted by Gasteiger charge is -2.51. The summed E-state index contributed by atoms with van der Waals surface area (Å²) >= 11 is 0. The first-order chi connectivity index (χ1) is 21.2. The van der Waals surface area contributed by atoms with Gasteiger partial charge < -0.3 is 25.0 Å². The summed E-state index contributed by atoms with van der Waals surface area (Å²) in [5.41, 5.74) is 2.30. The summed E-state index contributed by atoms with van der Waals surface area (Å²) in [5.74, 6) is -5.64. The van der Waals surface area contributed by atoms with Crippen molar-refractivity contribution in [3.8, 4) is 0 Å². The van der Waals surface area contributed by atoms with E-state index in [1.165, 1.54) is 10.5 Å². The zero-order valence-corrected chi connectivity index (χ0v) is 26.9. The SMILES string of the molecule is CC(C)[C@H]1C(=O)N2CCC[C@H]2[C@]2(OP(=O)(O)O)O[C@](NC(=O)[C@@H]3C=C4c5cccc6[nH]cc(c56)C[C@H]4N(C)C3)(C(C)C)C(=O)N12. The molecule has 0 unspecified atom stereocenters. The largest absolute Gasteiger partial charge is 0.473 e. The number of carbonyl (C=O) groups is 3. The maximum Gasteiger partial charge on any atom is 0.473 e. The molecule has 1 aromatic carbocycles. The number of amides is 3. The van der Waals surface area contributed by atoms with Crippen LogP contribution in [0.4, 0.5) is 0 Å². The Labute approximate surface area is 261 Å². The molecule has 13 nitrogen and oxygen atoms in total. The van der Waals surface area contributed by atoms with Crippen molar-refractivity contribution in [1.82, 2.24) is 25.0 Å². The molecule has 4 aliphatic heterocycles. The Hall–Kier alpha value is -3.06. The van der Waals surface area contributed by atoms with Gasteiger partial charge in [-0.3, -0.25) is 28.9 Å². The van der Waals surface area contributed by atoms with Crippen molar-refractivity contribution >= 4 is 42.0 Å². The summed E-state index contributed by atoms with van der Waals surface area (Å²) < 4.78 is 24.5. The number of phosphoric acid groups is 1. The number of carbonyl (C=O) groups excluding carboxylic acids is 3. The molecule has 242 valence electrons. The molecule has 1 aromatic heterocycles. The van der Waals surface area contributed by atoms with Crippen molar-refractivity contribution in [3.05, 3.63) is 41.6 Å². The highest BCUT2D eigenvalue weighted by molar-refractivity contribution is 7.46. The molecule has 0 spiro atoms. The van der Waals surface area contributed by atoms with Gasteiger partial charge in [0.05, 0.1) is 5.92 Å². The molecular formula is C31H40N5O8P. The van der Waals surface area contributed by atoms with Gasteiger partial charge in [-0.25, -0.2) is 9.09 Å². The predicted octanol–water partition coefficient (Wildman–Crippen LogP) is 2.16. The molecule has 3 saturated heterocycles. The average Bonchev–Trinajstić information content (AvgIpc) is 3.67. The number of ether oxygens (including phenoxy) is 1. The molecule has 4 N–H and O–H groups in total. The van der Waals surface area contributed by atoms with E-state index in [0.29, 0.717) is 25.9 Å². The van der Waals surface area contributed by atoms with Gasteiger partial charge in [-0.15, -0.1) is 0 Å². The van der Waals surface area contributed by atoms with Crippen molar-refractivity contribution in [3.63, 3.8) is 0 Å². The van der Waals surface area contributed by atoms with Crippen molar-refractivity contribution in [2.75, 3.05) is 20.1 Å². The number of benzene rings is 1. The van der Waals surface area contributed by atoms with Gasteiger partial charge in [0, 0.05) is 42.1 Å². The number of rotatable bonds is 6. The molecule has 5 heterocycles. The van der Waals surface area contributed by atoms with E-state index < -0.39 is 61.1 Å². The molecule has 3 amide bonds. The average molecular weight is 642 g/mol. The number of likely N-dealkylation sites (N-methyl/N-ethyl adjacent to an activating group) is 1. The second-order valence-corrected chi connectivity index (χ2v) is 14.8. The van der Waals surface area contributed by atoms with E-state index in [-0.39, 0.29) is 11.9 Å². The third-order valence-corrected chi connectivity index (χ3v) is 10.8. The topological polar surface area (TPSA) is 165 Å². The predicted molar refractivity (Wildman–Crippen MR) is 163 cm³/mol. The van der Waals surface area contributed by atoms with E-state index in [0.717, 1.165) is 33.4 Å². The van der Waals surface area contributed by atoms with Crippen LogP contribution >= 0.6 is 7.82 Å². The summed E-state index contributed by atoms with van der Waals surface area (Å²) in [4.78, 5) is 70.9. The maximum absolute atomic E-state index is 14.6. The first-order valence-electron chi connectivity index (χ1n) is 15.6. The molecule has 0 bridgehead atoms. The van der Waals surface area contributed by atoms with Crippen LogP contribution < -0.4 is 5.32 Å². The van der Waals surface area contributed by atoms with Crippen molar-refractivity contribution in [2.24, 2.45) is 17.8 Å². The number of H-pyrrole nitrogens is 1. The van der Waals surface area contributed by atoms with E-state index in [2.05, 4.69) is 21.3 Å². The zero-order valence-electron chi connectivity index (χ0n) is 26.0. The zero-order chi connectivity index (χ0) is 32.2. The van der Waals surface area contributed by atoms with Crippen LogP contribution in [0.25, 0.3) is 16.5 Å². The fourth-order valence-electron chi connectivity index (χ4n) is 8.24. The number of nitrogens with zero attached hydrogens (tertiary/aromatic N) is 3. The monoisotopic (exact) mass is 641 g/mol. The number of piperazine rings is 1. The smallest absolute Gasteiger partial charge is 0.361 e. The van der Waals surface area contributed by atoms with E-state index in [1.54, 1.807) is 27.7 Å². The highest BCUT2D eigenvalue weighted by Gasteiger charge is 2.75. The van der Waals surface area contributed by atoms with Crippen LogP contribution in [0.15, 0.2) is 30.5 Å². The summed E-state index contributed by atoms with van der Waals surface area (Å²) in [6, 6.07) is 4.07. The van der Waals surface area contributed by atoms with Crippen LogP contribution in [-0.2, 0) is 34.6 Å². The van der Waals surface area contributed by atoms with Gasteiger partial charge in [0.2, 0.25) is 17.5 Å². The van der Waals surface area contributed by atoms with Crippen molar-refractivity contribution < 1.29 is 38.0 Å². The summed E-state index contributed by atoms with van der Waals surface area (Å²) in [6.45, 7) is 7.61.